The van der Waals surface area contributed by atoms with Crippen LogP contribution in [0.1, 0.15) is 25.7 Å². The van der Waals surface area contributed by atoms with Crippen molar-refractivity contribution in [2.75, 3.05) is 41.8 Å². The second-order valence-corrected chi connectivity index (χ2v) is 8.81. The molecule has 9 heteroatoms. The minimum absolute atomic E-state index is 0.102. The van der Waals surface area contributed by atoms with Gasteiger partial charge in [0.15, 0.2) is 0 Å². The van der Waals surface area contributed by atoms with Crippen LogP contribution in [0, 0.1) is 0 Å². The lowest BCUT2D eigenvalue weighted by molar-refractivity contribution is -0.117. The second-order valence-electron chi connectivity index (χ2n) is 8.81. The van der Waals surface area contributed by atoms with Crippen LogP contribution in [0.3, 0.4) is 0 Å². The molecule has 3 aromatic rings. The van der Waals surface area contributed by atoms with E-state index in [1.54, 1.807) is 0 Å². The highest BCUT2D eigenvalue weighted by Crippen LogP contribution is 2.28. The Morgan fingerprint density at radius 3 is 2.53 bits per heavy atom. The fourth-order valence-electron chi connectivity index (χ4n) is 4.65. The topological polar surface area (TPSA) is 107 Å². The number of amides is 1. The summed E-state index contributed by atoms with van der Waals surface area (Å²) in [6.45, 7) is 6.90. The highest BCUT2D eigenvalue weighted by Gasteiger charge is 2.23. The molecule has 0 radical (unpaired) electrons. The molecule has 1 saturated carbocycles. The number of hydrogen-bond donors (Lipinski definition) is 4. The molecule has 0 bridgehead atoms. The van der Waals surface area contributed by atoms with Gasteiger partial charge in [-0.15, -0.1) is 0 Å². The number of nitrogens with zero attached hydrogens (tertiary/aromatic N) is 3. The molecule has 1 amide bonds. The Hall–Kier alpha value is -3.59. The van der Waals surface area contributed by atoms with E-state index in [1.807, 2.05) is 12.3 Å². The van der Waals surface area contributed by atoms with Crippen LogP contribution in [-0.4, -0.2) is 59.2 Å². The van der Waals surface area contributed by atoms with Crippen LogP contribution in [-0.2, 0) is 9.53 Å². The lowest BCUT2D eigenvalue weighted by Gasteiger charge is -2.30. The first-order valence-corrected chi connectivity index (χ1v) is 11.9. The molecular formula is C25H31N7O2. The lowest BCUT2D eigenvalue weighted by Crippen LogP contribution is -2.39. The van der Waals surface area contributed by atoms with Crippen molar-refractivity contribution in [3.8, 4) is 0 Å². The van der Waals surface area contributed by atoms with Crippen molar-refractivity contribution in [3.63, 3.8) is 0 Å². The molecule has 5 rings (SSSR count). The maximum Gasteiger partial charge on any atom is 0.243 e. The number of fused-ring (bicyclic) bond motifs is 1. The van der Waals surface area contributed by atoms with Gasteiger partial charge < -0.3 is 30.6 Å². The maximum absolute atomic E-state index is 11.6. The number of H-pyrrole nitrogens is 1. The fraction of sp³-hybridized carbons (Fsp3) is 0.400. The molecule has 2 fully saturated rings. The number of benzene rings is 1. The van der Waals surface area contributed by atoms with E-state index in [1.165, 1.54) is 11.8 Å². The van der Waals surface area contributed by atoms with Gasteiger partial charge in [-0.1, -0.05) is 6.58 Å². The lowest BCUT2D eigenvalue weighted by atomic mass is 9.91. The first-order valence-electron chi connectivity index (χ1n) is 11.9. The summed E-state index contributed by atoms with van der Waals surface area (Å²) in [4.78, 5) is 26.5. The molecule has 3 heterocycles. The molecule has 9 nitrogen and oxygen atoms in total. The largest absolute Gasteiger partial charge is 0.378 e. The van der Waals surface area contributed by atoms with Gasteiger partial charge in [-0.3, -0.25) is 4.79 Å². The van der Waals surface area contributed by atoms with E-state index in [0.29, 0.717) is 12.0 Å². The van der Waals surface area contributed by atoms with Crippen molar-refractivity contribution in [1.82, 2.24) is 20.3 Å². The Morgan fingerprint density at radius 1 is 1.06 bits per heavy atom. The molecule has 1 aromatic carbocycles. The number of hydrogen-bond acceptors (Lipinski definition) is 7. The average Bonchev–Trinajstić information content (AvgIpc) is 3.35. The number of rotatable bonds is 7. The van der Waals surface area contributed by atoms with Gasteiger partial charge in [-0.05, 0) is 62.1 Å². The SMILES string of the molecule is C=CC(=O)NC1CCC(Nc2nc(Nc3ccc(N4CCOCC4)cc3)nc3[nH]ccc23)CC1. The van der Waals surface area contributed by atoms with Crippen molar-refractivity contribution < 1.29 is 9.53 Å². The molecule has 2 aliphatic rings. The van der Waals surface area contributed by atoms with Crippen LogP contribution in [0.25, 0.3) is 11.0 Å². The molecule has 4 N–H and O–H groups in total. The number of aromatic amines is 1. The Bertz CT molecular complexity index is 1130. The van der Waals surface area contributed by atoms with Crippen LogP contribution in [0.5, 0.6) is 0 Å². The van der Waals surface area contributed by atoms with Gasteiger partial charge in [0.2, 0.25) is 11.9 Å². The number of anilines is 4. The number of carbonyl (C=O) groups is 1. The monoisotopic (exact) mass is 461 g/mol. The fourth-order valence-corrected chi connectivity index (χ4v) is 4.65. The Morgan fingerprint density at radius 2 is 1.79 bits per heavy atom. The van der Waals surface area contributed by atoms with Crippen LogP contribution in [0.15, 0.2) is 49.2 Å². The quantitative estimate of drug-likeness (QED) is 0.399. The van der Waals surface area contributed by atoms with Gasteiger partial charge in [-0.25, -0.2) is 0 Å². The number of nitrogens with one attached hydrogen (secondary N) is 4. The van der Waals surface area contributed by atoms with Gasteiger partial charge in [0.05, 0.1) is 18.6 Å². The third kappa shape index (κ3) is 5.14. The van der Waals surface area contributed by atoms with Crippen molar-refractivity contribution >= 4 is 40.1 Å². The van der Waals surface area contributed by atoms with Crippen LogP contribution < -0.4 is 20.9 Å². The summed E-state index contributed by atoms with van der Waals surface area (Å²) in [6.07, 6.45) is 7.00. The van der Waals surface area contributed by atoms with Crippen molar-refractivity contribution in [3.05, 3.63) is 49.2 Å². The van der Waals surface area contributed by atoms with Crippen molar-refractivity contribution in [2.24, 2.45) is 0 Å². The third-order valence-electron chi connectivity index (χ3n) is 6.52. The van der Waals surface area contributed by atoms with Crippen LogP contribution >= 0.6 is 0 Å². The zero-order valence-electron chi connectivity index (χ0n) is 19.2. The molecule has 1 aliphatic carbocycles. The normalized spacial score (nSPS) is 20.6. The average molecular weight is 462 g/mol. The Kier molecular flexibility index (Phi) is 6.62. The van der Waals surface area contributed by atoms with E-state index >= 15 is 0 Å². The number of morpholine rings is 1. The van der Waals surface area contributed by atoms with E-state index in [2.05, 4.69) is 61.7 Å². The highest BCUT2D eigenvalue weighted by molar-refractivity contribution is 5.88. The van der Waals surface area contributed by atoms with E-state index in [9.17, 15) is 4.79 Å². The standard InChI is InChI=1S/C25H31N7O2/c1-2-22(33)27-17-3-5-18(6-4-17)28-24-21-11-12-26-23(21)30-25(31-24)29-19-7-9-20(10-8-19)32-13-15-34-16-14-32/h2,7-12,17-18H,1,3-6,13-16H2,(H,27,33)(H3,26,28,29,30,31). The van der Waals surface area contributed by atoms with Gasteiger partial charge >= 0.3 is 0 Å². The van der Waals surface area contributed by atoms with E-state index in [-0.39, 0.29) is 11.9 Å². The Labute approximate surface area is 199 Å². The first-order chi connectivity index (χ1) is 16.7. The van der Waals surface area contributed by atoms with Crippen molar-refractivity contribution in [1.29, 1.82) is 0 Å². The predicted molar refractivity (Wildman–Crippen MR) is 135 cm³/mol. The molecule has 0 atom stereocenters. The molecule has 0 unspecified atom stereocenters. The van der Waals surface area contributed by atoms with E-state index < -0.39 is 0 Å². The van der Waals surface area contributed by atoms with Crippen LogP contribution in [0.2, 0.25) is 0 Å². The van der Waals surface area contributed by atoms with Crippen molar-refractivity contribution in [2.45, 2.75) is 37.8 Å². The van der Waals surface area contributed by atoms with Crippen LogP contribution in [0.4, 0.5) is 23.1 Å². The highest BCUT2D eigenvalue weighted by atomic mass is 16.5. The third-order valence-corrected chi connectivity index (χ3v) is 6.52. The zero-order chi connectivity index (χ0) is 23.3. The number of aromatic nitrogens is 3. The molecule has 0 spiro atoms. The summed E-state index contributed by atoms with van der Waals surface area (Å²) in [5.41, 5.74) is 2.92. The molecule has 34 heavy (non-hydrogen) atoms. The summed E-state index contributed by atoms with van der Waals surface area (Å²) in [5.74, 6) is 1.26. The minimum atomic E-state index is -0.102. The summed E-state index contributed by atoms with van der Waals surface area (Å²) in [7, 11) is 0. The smallest absolute Gasteiger partial charge is 0.243 e. The summed E-state index contributed by atoms with van der Waals surface area (Å²) in [5, 5.41) is 10.9. The molecule has 2 aromatic heterocycles. The maximum atomic E-state index is 11.6. The Balaban J connectivity index is 1.26. The van der Waals surface area contributed by atoms with Gasteiger partial charge in [-0.2, -0.15) is 9.97 Å². The van der Waals surface area contributed by atoms with E-state index in [4.69, 9.17) is 9.72 Å². The molecule has 1 saturated heterocycles. The van der Waals surface area contributed by atoms with E-state index in [0.717, 1.165) is 74.5 Å². The summed E-state index contributed by atoms with van der Waals surface area (Å²) >= 11 is 0. The number of carbonyl (C=O) groups excluding carboxylic acids is 1. The minimum Gasteiger partial charge on any atom is -0.378 e. The first kappa shape index (κ1) is 22.2. The second kappa shape index (κ2) is 10.1. The summed E-state index contributed by atoms with van der Waals surface area (Å²) in [6, 6.07) is 10.8. The molecule has 178 valence electrons. The predicted octanol–water partition coefficient (Wildman–Crippen LogP) is 3.56. The number of ether oxygens (including phenoxy) is 1. The van der Waals surface area contributed by atoms with Gasteiger partial charge in [0, 0.05) is 42.7 Å². The molecular weight excluding hydrogens is 430 g/mol. The summed E-state index contributed by atoms with van der Waals surface area (Å²) < 4.78 is 5.44. The van der Waals surface area contributed by atoms with Gasteiger partial charge in [0.25, 0.3) is 0 Å². The van der Waals surface area contributed by atoms with Gasteiger partial charge in [0.1, 0.15) is 11.5 Å². The molecule has 1 aliphatic heterocycles. The zero-order valence-corrected chi connectivity index (χ0v) is 19.2.